The molecule has 0 bridgehead atoms. The van der Waals surface area contributed by atoms with Gasteiger partial charge < -0.3 is 14.2 Å². The molecule has 22 heavy (non-hydrogen) atoms. The highest BCUT2D eigenvalue weighted by atomic mass is 16.7. The van der Waals surface area contributed by atoms with Gasteiger partial charge in [0, 0.05) is 5.57 Å². The molecule has 6 heteroatoms. The SMILES string of the molecule is C[C@@H]1Cc2cc3c(cc2C=C1C(=O)N1CCOC1=O)OCO3. The predicted molar refractivity (Wildman–Crippen MR) is 76.5 cm³/mol. The summed E-state index contributed by atoms with van der Waals surface area (Å²) in [6, 6.07) is 3.86. The molecule has 4 rings (SSSR count). The maximum Gasteiger partial charge on any atom is 0.416 e. The lowest BCUT2D eigenvalue weighted by molar-refractivity contribution is -0.124. The number of benzene rings is 1. The summed E-state index contributed by atoms with van der Waals surface area (Å²) in [7, 11) is 0. The molecule has 0 spiro atoms. The summed E-state index contributed by atoms with van der Waals surface area (Å²) in [6.45, 7) is 2.79. The minimum absolute atomic E-state index is 0.0359. The number of carbonyl (C=O) groups excluding carboxylic acids is 2. The number of amides is 2. The lowest BCUT2D eigenvalue weighted by Crippen LogP contribution is -2.35. The van der Waals surface area contributed by atoms with Gasteiger partial charge in [0.1, 0.15) is 6.61 Å². The maximum atomic E-state index is 12.6. The minimum atomic E-state index is -0.561. The molecule has 2 heterocycles. The third-order valence-corrected chi connectivity index (χ3v) is 4.26. The smallest absolute Gasteiger partial charge is 0.416 e. The molecular weight excluding hydrogens is 286 g/mol. The first-order chi connectivity index (χ1) is 10.6. The lowest BCUT2D eigenvalue weighted by Gasteiger charge is -2.24. The Morgan fingerprint density at radius 2 is 2.00 bits per heavy atom. The summed E-state index contributed by atoms with van der Waals surface area (Å²) in [5.41, 5.74) is 2.70. The molecule has 0 N–H and O–H groups in total. The van der Waals surface area contributed by atoms with E-state index in [9.17, 15) is 9.59 Å². The number of imide groups is 1. The second-order valence-corrected chi connectivity index (χ2v) is 5.68. The average molecular weight is 301 g/mol. The molecule has 1 aromatic carbocycles. The number of cyclic esters (lactones) is 1. The minimum Gasteiger partial charge on any atom is -0.454 e. The zero-order valence-electron chi connectivity index (χ0n) is 12.1. The molecule has 3 aliphatic rings. The molecule has 0 radical (unpaired) electrons. The molecule has 1 aliphatic carbocycles. The summed E-state index contributed by atoms with van der Waals surface area (Å²) in [4.78, 5) is 25.3. The van der Waals surface area contributed by atoms with Crippen LogP contribution in [-0.4, -0.2) is 36.8 Å². The van der Waals surface area contributed by atoms with Crippen LogP contribution in [0.25, 0.3) is 6.08 Å². The Kier molecular flexibility index (Phi) is 2.85. The first kappa shape index (κ1) is 13.2. The first-order valence-corrected chi connectivity index (χ1v) is 7.26. The quantitative estimate of drug-likeness (QED) is 0.793. The summed E-state index contributed by atoms with van der Waals surface area (Å²) in [5, 5.41) is 0. The highest BCUT2D eigenvalue weighted by Crippen LogP contribution is 2.39. The molecule has 0 aromatic heterocycles. The van der Waals surface area contributed by atoms with Crippen LogP contribution in [0.2, 0.25) is 0 Å². The fourth-order valence-corrected chi connectivity index (χ4v) is 3.07. The highest BCUT2D eigenvalue weighted by molar-refractivity contribution is 6.06. The fourth-order valence-electron chi connectivity index (χ4n) is 3.07. The number of ether oxygens (including phenoxy) is 3. The number of rotatable bonds is 1. The fraction of sp³-hybridized carbons (Fsp3) is 0.375. The van der Waals surface area contributed by atoms with Crippen LogP contribution in [-0.2, 0) is 16.0 Å². The normalized spacial score (nSPS) is 22.2. The van der Waals surface area contributed by atoms with Crippen LogP contribution in [0.4, 0.5) is 4.79 Å². The Hall–Kier alpha value is -2.50. The molecule has 1 aromatic rings. The van der Waals surface area contributed by atoms with Crippen LogP contribution >= 0.6 is 0 Å². The van der Waals surface area contributed by atoms with E-state index in [1.807, 2.05) is 25.1 Å². The van der Waals surface area contributed by atoms with E-state index in [0.29, 0.717) is 17.9 Å². The van der Waals surface area contributed by atoms with Gasteiger partial charge in [-0.3, -0.25) is 4.79 Å². The van der Waals surface area contributed by atoms with E-state index in [2.05, 4.69) is 0 Å². The van der Waals surface area contributed by atoms with Gasteiger partial charge in [-0.15, -0.1) is 0 Å². The second kappa shape index (κ2) is 4.76. The summed E-state index contributed by atoms with van der Waals surface area (Å²) < 4.78 is 15.6. The van der Waals surface area contributed by atoms with Crippen molar-refractivity contribution in [3.8, 4) is 11.5 Å². The van der Waals surface area contributed by atoms with Gasteiger partial charge in [0.15, 0.2) is 11.5 Å². The molecular formula is C16H15NO5. The Morgan fingerprint density at radius 3 is 2.73 bits per heavy atom. The molecule has 2 amide bonds. The topological polar surface area (TPSA) is 65.1 Å². The Balaban J connectivity index is 1.71. The summed E-state index contributed by atoms with van der Waals surface area (Å²) in [5.74, 6) is 1.21. The first-order valence-electron chi connectivity index (χ1n) is 7.26. The van der Waals surface area contributed by atoms with E-state index in [4.69, 9.17) is 14.2 Å². The zero-order valence-corrected chi connectivity index (χ0v) is 12.1. The maximum absolute atomic E-state index is 12.6. The van der Waals surface area contributed by atoms with Crippen molar-refractivity contribution in [3.05, 3.63) is 28.8 Å². The summed E-state index contributed by atoms with van der Waals surface area (Å²) >= 11 is 0. The third kappa shape index (κ3) is 1.94. The standard InChI is InChI=1S/C16H15NO5/c1-9-4-10-6-13-14(22-8-21-13)7-11(10)5-12(9)15(18)17-2-3-20-16(17)19/h5-7,9H,2-4,8H2,1H3/t9-/m1/s1. The van der Waals surface area contributed by atoms with Crippen molar-refractivity contribution < 1.29 is 23.8 Å². The number of fused-ring (bicyclic) bond motifs is 2. The van der Waals surface area contributed by atoms with E-state index >= 15 is 0 Å². The number of hydrogen-bond donors (Lipinski definition) is 0. The van der Waals surface area contributed by atoms with Crippen LogP contribution in [0.1, 0.15) is 18.1 Å². The molecule has 6 nitrogen and oxygen atoms in total. The summed E-state index contributed by atoms with van der Waals surface area (Å²) in [6.07, 6.45) is 2.01. The van der Waals surface area contributed by atoms with Gasteiger partial charge in [-0.25, -0.2) is 9.69 Å². The average Bonchev–Trinajstić information content (AvgIpc) is 3.11. The Morgan fingerprint density at radius 1 is 1.23 bits per heavy atom. The number of carbonyl (C=O) groups is 2. The monoisotopic (exact) mass is 301 g/mol. The van der Waals surface area contributed by atoms with Crippen molar-refractivity contribution in [2.45, 2.75) is 13.3 Å². The van der Waals surface area contributed by atoms with Crippen molar-refractivity contribution in [2.75, 3.05) is 19.9 Å². The molecule has 1 atom stereocenters. The predicted octanol–water partition coefficient (Wildman–Crippen LogP) is 1.97. The van der Waals surface area contributed by atoms with Gasteiger partial charge in [0.2, 0.25) is 6.79 Å². The van der Waals surface area contributed by atoms with Crippen LogP contribution in [0.5, 0.6) is 11.5 Å². The third-order valence-electron chi connectivity index (χ3n) is 4.26. The van der Waals surface area contributed by atoms with Crippen molar-refractivity contribution in [1.82, 2.24) is 4.90 Å². The molecule has 0 saturated carbocycles. The van der Waals surface area contributed by atoms with Crippen molar-refractivity contribution in [3.63, 3.8) is 0 Å². The lowest BCUT2D eigenvalue weighted by atomic mass is 9.83. The van der Waals surface area contributed by atoms with Crippen LogP contribution in [0.3, 0.4) is 0 Å². The molecule has 2 aliphatic heterocycles. The van der Waals surface area contributed by atoms with Crippen molar-refractivity contribution >= 4 is 18.1 Å². The Bertz CT molecular complexity index is 709. The van der Waals surface area contributed by atoms with E-state index in [0.717, 1.165) is 23.3 Å². The largest absolute Gasteiger partial charge is 0.454 e. The molecule has 1 fully saturated rings. The Labute approximate surface area is 127 Å². The number of nitrogens with zero attached hydrogens (tertiary/aromatic N) is 1. The van der Waals surface area contributed by atoms with Gasteiger partial charge in [0.05, 0.1) is 6.54 Å². The van der Waals surface area contributed by atoms with Crippen LogP contribution in [0, 0.1) is 5.92 Å². The number of hydrogen-bond acceptors (Lipinski definition) is 5. The van der Waals surface area contributed by atoms with Crippen LogP contribution < -0.4 is 9.47 Å². The van der Waals surface area contributed by atoms with Gasteiger partial charge in [-0.05, 0) is 41.7 Å². The van der Waals surface area contributed by atoms with Gasteiger partial charge in [-0.2, -0.15) is 0 Å². The van der Waals surface area contributed by atoms with Crippen LogP contribution in [0.15, 0.2) is 17.7 Å². The van der Waals surface area contributed by atoms with Crippen molar-refractivity contribution in [1.29, 1.82) is 0 Å². The molecule has 0 unspecified atom stereocenters. The molecule has 114 valence electrons. The van der Waals surface area contributed by atoms with Gasteiger partial charge in [-0.1, -0.05) is 6.92 Å². The van der Waals surface area contributed by atoms with E-state index in [1.165, 1.54) is 4.90 Å². The van der Waals surface area contributed by atoms with Gasteiger partial charge >= 0.3 is 6.09 Å². The molecule has 1 saturated heterocycles. The van der Waals surface area contributed by atoms with E-state index in [-0.39, 0.29) is 25.2 Å². The second-order valence-electron chi connectivity index (χ2n) is 5.68. The van der Waals surface area contributed by atoms with E-state index in [1.54, 1.807) is 0 Å². The zero-order chi connectivity index (χ0) is 15.3. The van der Waals surface area contributed by atoms with Gasteiger partial charge in [0.25, 0.3) is 5.91 Å². The van der Waals surface area contributed by atoms with Crippen molar-refractivity contribution in [2.24, 2.45) is 5.92 Å². The highest BCUT2D eigenvalue weighted by Gasteiger charge is 2.34. The van der Waals surface area contributed by atoms with E-state index < -0.39 is 6.09 Å².